The van der Waals surface area contributed by atoms with Crippen LogP contribution >= 0.6 is 0 Å². The first kappa shape index (κ1) is 16.5. The lowest BCUT2D eigenvalue weighted by Crippen LogP contribution is -2.46. The van der Waals surface area contributed by atoms with E-state index in [-0.39, 0.29) is 30.1 Å². The number of piperidine rings is 1. The van der Waals surface area contributed by atoms with Gasteiger partial charge in [0.2, 0.25) is 11.8 Å². The highest BCUT2D eigenvalue weighted by Gasteiger charge is 2.24. The summed E-state index contributed by atoms with van der Waals surface area (Å²) < 4.78 is 13.6. The number of carbonyl (C=O) groups excluding carboxylic acids is 2. The molecule has 0 spiro atoms. The van der Waals surface area contributed by atoms with Crippen molar-refractivity contribution in [1.82, 2.24) is 10.2 Å². The van der Waals surface area contributed by atoms with Crippen LogP contribution in [0.2, 0.25) is 0 Å². The zero-order chi connectivity index (χ0) is 15.9. The van der Waals surface area contributed by atoms with Gasteiger partial charge in [-0.2, -0.15) is 0 Å². The number of halogens is 1. The summed E-state index contributed by atoms with van der Waals surface area (Å²) in [6.45, 7) is 3.21. The fourth-order valence-corrected chi connectivity index (χ4v) is 2.72. The molecule has 1 N–H and O–H groups in total. The van der Waals surface area contributed by atoms with Crippen LogP contribution in [0.3, 0.4) is 0 Å². The molecule has 0 unspecified atom stereocenters. The summed E-state index contributed by atoms with van der Waals surface area (Å²) >= 11 is 0. The first-order valence-corrected chi connectivity index (χ1v) is 7.90. The maximum atomic E-state index is 13.6. The molecular formula is C17H23FN2O2. The molecule has 0 saturated carbocycles. The van der Waals surface area contributed by atoms with Gasteiger partial charge in [0.05, 0.1) is 6.42 Å². The Hall–Kier alpha value is -1.91. The van der Waals surface area contributed by atoms with E-state index in [1.54, 1.807) is 23.1 Å². The van der Waals surface area contributed by atoms with Gasteiger partial charge in [-0.05, 0) is 30.9 Å². The number of benzene rings is 1. The summed E-state index contributed by atoms with van der Waals surface area (Å²) in [6.07, 6.45) is 3.01. The van der Waals surface area contributed by atoms with Crippen molar-refractivity contribution >= 4 is 11.8 Å². The van der Waals surface area contributed by atoms with Crippen molar-refractivity contribution in [2.24, 2.45) is 0 Å². The molecule has 1 aromatic carbocycles. The minimum atomic E-state index is -0.336. The lowest BCUT2D eigenvalue weighted by Gasteiger charge is -2.32. The zero-order valence-electron chi connectivity index (χ0n) is 13.0. The van der Waals surface area contributed by atoms with Crippen LogP contribution in [0.1, 0.15) is 38.2 Å². The van der Waals surface area contributed by atoms with Crippen LogP contribution in [-0.4, -0.2) is 35.8 Å². The van der Waals surface area contributed by atoms with Gasteiger partial charge in [0.1, 0.15) is 5.82 Å². The van der Waals surface area contributed by atoms with E-state index in [1.807, 2.05) is 6.92 Å². The fraction of sp³-hybridized carbons (Fsp3) is 0.529. The SMILES string of the molecule is CCCC(=O)NC1CCN(C(=O)Cc2ccccc2F)CC1. The molecule has 0 bridgehead atoms. The maximum Gasteiger partial charge on any atom is 0.227 e. The number of likely N-dealkylation sites (tertiary alicyclic amines) is 1. The van der Waals surface area contributed by atoms with Gasteiger partial charge >= 0.3 is 0 Å². The zero-order valence-corrected chi connectivity index (χ0v) is 13.0. The van der Waals surface area contributed by atoms with Gasteiger partial charge in [-0.15, -0.1) is 0 Å². The molecule has 4 nitrogen and oxygen atoms in total. The Kier molecular flexibility index (Phi) is 5.92. The number of hydrogen-bond acceptors (Lipinski definition) is 2. The number of nitrogens with one attached hydrogen (secondary N) is 1. The lowest BCUT2D eigenvalue weighted by molar-refractivity contribution is -0.131. The molecule has 5 heteroatoms. The molecular weight excluding hydrogens is 283 g/mol. The van der Waals surface area contributed by atoms with E-state index in [4.69, 9.17) is 0 Å². The van der Waals surface area contributed by atoms with Crippen LogP contribution in [0.25, 0.3) is 0 Å². The largest absolute Gasteiger partial charge is 0.353 e. The molecule has 1 fully saturated rings. The summed E-state index contributed by atoms with van der Waals surface area (Å²) in [4.78, 5) is 25.6. The Labute approximate surface area is 130 Å². The van der Waals surface area contributed by atoms with Crippen molar-refractivity contribution in [3.8, 4) is 0 Å². The number of carbonyl (C=O) groups is 2. The van der Waals surface area contributed by atoms with E-state index >= 15 is 0 Å². The molecule has 0 aromatic heterocycles. The quantitative estimate of drug-likeness (QED) is 0.907. The molecule has 1 aromatic rings. The van der Waals surface area contributed by atoms with Crippen LogP contribution in [0, 0.1) is 5.82 Å². The minimum Gasteiger partial charge on any atom is -0.353 e. The molecule has 120 valence electrons. The second-order valence-electron chi connectivity index (χ2n) is 5.74. The summed E-state index contributed by atoms with van der Waals surface area (Å²) in [7, 11) is 0. The molecule has 0 radical (unpaired) electrons. The van der Waals surface area contributed by atoms with Crippen molar-refractivity contribution in [1.29, 1.82) is 0 Å². The summed E-state index contributed by atoms with van der Waals surface area (Å²) in [5.41, 5.74) is 0.436. The molecule has 1 heterocycles. The van der Waals surface area contributed by atoms with Gasteiger partial charge in [0.15, 0.2) is 0 Å². The highest BCUT2D eigenvalue weighted by Crippen LogP contribution is 2.14. The van der Waals surface area contributed by atoms with Crippen LogP contribution in [0.4, 0.5) is 4.39 Å². The van der Waals surface area contributed by atoms with Crippen molar-refractivity contribution < 1.29 is 14.0 Å². The molecule has 2 rings (SSSR count). The highest BCUT2D eigenvalue weighted by atomic mass is 19.1. The number of amides is 2. The van der Waals surface area contributed by atoms with E-state index < -0.39 is 0 Å². The smallest absolute Gasteiger partial charge is 0.227 e. The number of hydrogen-bond donors (Lipinski definition) is 1. The molecule has 0 atom stereocenters. The van der Waals surface area contributed by atoms with Crippen LogP contribution in [0.5, 0.6) is 0 Å². The van der Waals surface area contributed by atoms with Gasteiger partial charge < -0.3 is 10.2 Å². The normalized spacial score (nSPS) is 15.6. The van der Waals surface area contributed by atoms with Crippen LogP contribution < -0.4 is 5.32 Å². The first-order valence-electron chi connectivity index (χ1n) is 7.90. The summed E-state index contributed by atoms with van der Waals surface area (Å²) in [5, 5.41) is 3.00. The second-order valence-corrected chi connectivity index (χ2v) is 5.74. The minimum absolute atomic E-state index is 0.0524. The molecule has 1 aliphatic rings. The predicted molar refractivity (Wildman–Crippen MR) is 82.8 cm³/mol. The van der Waals surface area contributed by atoms with Gasteiger partial charge in [-0.3, -0.25) is 9.59 Å². The number of nitrogens with zero attached hydrogens (tertiary/aromatic N) is 1. The predicted octanol–water partition coefficient (Wildman–Crippen LogP) is 2.28. The van der Waals surface area contributed by atoms with E-state index in [9.17, 15) is 14.0 Å². The van der Waals surface area contributed by atoms with E-state index in [2.05, 4.69) is 5.32 Å². The topological polar surface area (TPSA) is 49.4 Å². The second kappa shape index (κ2) is 7.92. The van der Waals surface area contributed by atoms with Gasteiger partial charge in [0.25, 0.3) is 0 Å². The molecule has 1 aliphatic heterocycles. The van der Waals surface area contributed by atoms with E-state index in [0.29, 0.717) is 25.1 Å². The van der Waals surface area contributed by atoms with Crippen LogP contribution in [0.15, 0.2) is 24.3 Å². The molecule has 22 heavy (non-hydrogen) atoms. The third-order valence-corrected chi connectivity index (χ3v) is 3.99. The Morgan fingerprint density at radius 3 is 2.59 bits per heavy atom. The Bertz CT molecular complexity index is 525. The average molecular weight is 306 g/mol. The van der Waals surface area contributed by atoms with E-state index in [1.165, 1.54) is 6.07 Å². The third-order valence-electron chi connectivity index (χ3n) is 3.99. The Morgan fingerprint density at radius 1 is 1.27 bits per heavy atom. The van der Waals surface area contributed by atoms with Gasteiger partial charge in [-0.25, -0.2) is 4.39 Å². The van der Waals surface area contributed by atoms with Crippen molar-refractivity contribution in [3.05, 3.63) is 35.6 Å². The Morgan fingerprint density at radius 2 is 1.95 bits per heavy atom. The third kappa shape index (κ3) is 4.55. The standard InChI is InChI=1S/C17H23FN2O2/c1-2-5-16(21)19-14-8-10-20(11-9-14)17(22)12-13-6-3-4-7-15(13)18/h3-4,6-7,14H,2,5,8-12H2,1H3,(H,19,21). The monoisotopic (exact) mass is 306 g/mol. The number of rotatable bonds is 5. The summed E-state index contributed by atoms with van der Waals surface area (Å²) in [6, 6.07) is 6.52. The fourth-order valence-electron chi connectivity index (χ4n) is 2.72. The first-order chi connectivity index (χ1) is 10.6. The lowest BCUT2D eigenvalue weighted by atomic mass is 10.0. The van der Waals surface area contributed by atoms with Crippen molar-refractivity contribution in [2.75, 3.05) is 13.1 Å². The maximum absolute atomic E-state index is 13.6. The molecule has 1 saturated heterocycles. The highest BCUT2D eigenvalue weighted by molar-refractivity contribution is 5.79. The van der Waals surface area contributed by atoms with Crippen molar-refractivity contribution in [2.45, 2.75) is 45.1 Å². The average Bonchev–Trinajstić information content (AvgIpc) is 2.50. The Balaban J connectivity index is 1.80. The van der Waals surface area contributed by atoms with Gasteiger partial charge in [-0.1, -0.05) is 25.1 Å². The molecule has 2 amide bonds. The molecule has 0 aliphatic carbocycles. The van der Waals surface area contributed by atoms with Crippen molar-refractivity contribution in [3.63, 3.8) is 0 Å². The van der Waals surface area contributed by atoms with Crippen LogP contribution in [-0.2, 0) is 16.0 Å². The summed E-state index contributed by atoms with van der Waals surface area (Å²) in [5.74, 6) is -0.306. The van der Waals surface area contributed by atoms with E-state index in [0.717, 1.165) is 19.3 Å². The van der Waals surface area contributed by atoms with Gasteiger partial charge in [0, 0.05) is 25.6 Å².